The lowest BCUT2D eigenvalue weighted by Gasteiger charge is -2.40. The van der Waals surface area contributed by atoms with Gasteiger partial charge in [-0.05, 0) is 25.5 Å². The number of nitrogens with zero attached hydrogens (tertiary/aromatic N) is 2. The van der Waals surface area contributed by atoms with E-state index in [2.05, 4.69) is 11.0 Å². The number of carbonyl (C=O) groups excluding carboxylic acids is 1. The Morgan fingerprint density at radius 3 is 2.96 bits per heavy atom. The second-order valence-electron chi connectivity index (χ2n) is 6.95. The molecule has 136 valence electrons. The molecule has 26 heavy (non-hydrogen) atoms. The van der Waals surface area contributed by atoms with E-state index in [1.54, 1.807) is 11.3 Å². The van der Waals surface area contributed by atoms with Crippen LogP contribution in [0, 0.1) is 24.7 Å². The van der Waals surface area contributed by atoms with E-state index in [0.29, 0.717) is 11.8 Å². The van der Waals surface area contributed by atoms with Crippen molar-refractivity contribution < 1.29 is 14.6 Å². The van der Waals surface area contributed by atoms with E-state index in [9.17, 15) is 9.90 Å². The lowest BCUT2D eigenvalue weighted by molar-refractivity contribution is -0.148. The molecule has 2 aliphatic rings. The number of phenolic OH excluding ortho intramolecular Hbond substituents is 1. The number of allylic oxidation sites excluding steroid dienone is 1. The number of benzene rings is 1. The molecule has 1 aromatic carbocycles. The largest absolute Gasteiger partial charge is 0.507 e. The Bertz CT molecular complexity index is 889. The van der Waals surface area contributed by atoms with Gasteiger partial charge in [0.25, 0.3) is 0 Å². The van der Waals surface area contributed by atoms with E-state index in [-0.39, 0.29) is 17.6 Å². The number of phenols is 1. The van der Waals surface area contributed by atoms with Crippen LogP contribution in [0.2, 0.25) is 0 Å². The maximum absolute atomic E-state index is 12.1. The summed E-state index contributed by atoms with van der Waals surface area (Å²) in [6.07, 6.45) is 2.06. The zero-order valence-corrected chi connectivity index (χ0v) is 15.9. The molecule has 3 unspecified atom stereocenters. The van der Waals surface area contributed by atoms with Gasteiger partial charge in [0.2, 0.25) is 0 Å². The Morgan fingerprint density at radius 1 is 1.42 bits per heavy atom. The molecule has 1 aliphatic heterocycles. The molecule has 4 rings (SSSR count). The number of hydrogen-bond donors (Lipinski definition) is 1. The third-order valence-electron chi connectivity index (χ3n) is 5.65. The number of ether oxygens (including phenoxy) is 1. The number of aromatic nitrogens is 1. The highest BCUT2D eigenvalue weighted by Gasteiger charge is 2.54. The summed E-state index contributed by atoms with van der Waals surface area (Å²) in [4.78, 5) is 19.1. The van der Waals surface area contributed by atoms with Crippen molar-refractivity contribution in [2.45, 2.75) is 13.8 Å². The Balaban J connectivity index is 1.57. The summed E-state index contributed by atoms with van der Waals surface area (Å²) < 4.78 is 4.98. The van der Waals surface area contributed by atoms with Gasteiger partial charge in [0.05, 0.1) is 18.7 Å². The highest BCUT2D eigenvalue weighted by molar-refractivity contribution is 7.14. The average Bonchev–Trinajstić information content (AvgIpc) is 3.24. The number of hydrogen-bond acceptors (Lipinski definition) is 6. The number of rotatable bonds is 3. The fourth-order valence-electron chi connectivity index (χ4n) is 4.27. The molecule has 0 spiro atoms. The van der Waals surface area contributed by atoms with Gasteiger partial charge in [-0.25, -0.2) is 4.98 Å². The molecular formula is C20H22N2O3S. The molecule has 2 heterocycles. The molecule has 0 radical (unpaired) electrons. The monoisotopic (exact) mass is 370 g/mol. The second-order valence-corrected chi connectivity index (χ2v) is 7.79. The fraction of sp³-hybridized carbons (Fsp3) is 0.400. The topological polar surface area (TPSA) is 62.7 Å². The van der Waals surface area contributed by atoms with Gasteiger partial charge in [0, 0.05) is 35.9 Å². The Kier molecular flexibility index (Phi) is 4.23. The molecule has 0 amide bonds. The van der Waals surface area contributed by atoms with Crippen LogP contribution in [-0.4, -0.2) is 36.3 Å². The number of carbonyl (C=O) groups is 1. The minimum atomic E-state index is -0.134. The standard InChI is InChI=1S/C20H22N2O3S/c1-4-12-14-8-22(9-15(14)17(12)19(24)25-3)20-21-16(10-26-20)13-7-5-6-11(2)18(13)23/h4-7,10,14-15,17,23H,8-9H2,1-3H3/b12-4+. The van der Waals surface area contributed by atoms with Gasteiger partial charge >= 0.3 is 5.97 Å². The first-order chi connectivity index (χ1) is 12.5. The quantitative estimate of drug-likeness (QED) is 0.660. The van der Waals surface area contributed by atoms with Crippen molar-refractivity contribution >= 4 is 22.4 Å². The predicted molar refractivity (Wildman–Crippen MR) is 102 cm³/mol. The number of fused-ring (bicyclic) bond motifs is 1. The van der Waals surface area contributed by atoms with Crippen molar-refractivity contribution in [3.63, 3.8) is 0 Å². The Morgan fingerprint density at radius 2 is 2.23 bits per heavy atom. The molecule has 0 bridgehead atoms. The molecule has 2 fully saturated rings. The van der Waals surface area contributed by atoms with Gasteiger partial charge in [-0.15, -0.1) is 11.3 Å². The number of aromatic hydroxyl groups is 1. The summed E-state index contributed by atoms with van der Waals surface area (Å²) in [5.74, 6) is 0.746. The zero-order chi connectivity index (χ0) is 18.4. The third kappa shape index (κ3) is 2.51. The van der Waals surface area contributed by atoms with E-state index in [4.69, 9.17) is 9.72 Å². The van der Waals surface area contributed by atoms with Gasteiger partial charge < -0.3 is 14.7 Å². The number of para-hydroxylation sites is 1. The summed E-state index contributed by atoms with van der Waals surface area (Å²) in [6.45, 7) is 5.57. The third-order valence-corrected chi connectivity index (χ3v) is 6.55. The van der Waals surface area contributed by atoms with Gasteiger partial charge in [-0.1, -0.05) is 23.8 Å². The molecule has 6 heteroatoms. The van der Waals surface area contributed by atoms with Crippen LogP contribution in [0.1, 0.15) is 12.5 Å². The molecule has 1 saturated carbocycles. The second kappa shape index (κ2) is 6.43. The van der Waals surface area contributed by atoms with Gasteiger partial charge in [0.1, 0.15) is 5.75 Å². The van der Waals surface area contributed by atoms with Crippen molar-refractivity contribution in [3.05, 3.63) is 40.8 Å². The number of anilines is 1. The van der Waals surface area contributed by atoms with Crippen LogP contribution in [0.15, 0.2) is 35.2 Å². The Labute approximate surface area is 156 Å². The van der Waals surface area contributed by atoms with Crippen molar-refractivity contribution in [2.75, 3.05) is 25.1 Å². The summed E-state index contributed by atoms with van der Waals surface area (Å²) in [7, 11) is 1.46. The molecule has 1 saturated heterocycles. The van der Waals surface area contributed by atoms with E-state index in [1.165, 1.54) is 12.7 Å². The number of methoxy groups -OCH3 is 1. The number of thiazole rings is 1. The lowest BCUT2D eigenvalue weighted by Crippen LogP contribution is -2.44. The van der Waals surface area contributed by atoms with Crippen molar-refractivity contribution in [2.24, 2.45) is 17.8 Å². The summed E-state index contributed by atoms with van der Waals surface area (Å²) in [5.41, 5.74) is 3.59. The zero-order valence-electron chi connectivity index (χ0n) is 15.1. The molecular weight excluding hydrogens is 348 g/mol. The van der Waals surface area contributed by atoms with Crippen LogP contribution in [0.4, 0.5) is 5.13 Å². The maximum atomic E-state index is 12.1. The first-order valence-electron chi connectivity index (χ1n) is 8.78. The highest BCUT2D eigenvalue weighted by Crippen LogP contribution is 2.51. The van der Waals surface area contributed by atoms with E-state index in [0.717, 1.165) is 35.0 Å². The molecule has 1 aromatic heterocycles. The molecule has 3 atom stereocenters. The van der Waals surface area contributed by atoms with Crippen LogP contribution in [0.25, 0.3) is 11.3 Å². The van der Waals surface area contributed by atoms with Crippen LogP contribution in [-0.2, 0) is 9.53 Å². The summed E-state index contributed by atoms with van der Waals surface area (Å²) >= 11 is 1.58. The summed E-state index contributed by atoms with van der Waals surface area (Å²) in [6, 6.07) is 5.70. The first-order valence-corrected chi connectivity index (χ1v) is 9.66. The van der Waals surface area contributed by atoms with E-state index < -0.39 is 0 Å². The SMILES string of the molecule is C/C=C1\C2CN(c3nc(-c4cccc(C)c4O)cs3)CC2C1C(=O)OC. The van der Waals surface area contributed by atoms with E-state index in [1.807, 2.05) is 37.4 Å². The van der Waals surface area contributed by atoms with Crippen LogP contribution in [0.3, 0.4) is 0 Å². The highest BCUT2D eigenvalue weighted by atomic mass is 32.1. The van der Waals surface area contributed by atoms with Crippen LogP contribution in [0.5, 0.6) is 5.75 Å². The van der Waals surface area contributed by atoms with Gasteiger partial charge in [-0.3, -0.25) is 4.79 Å². The number of aryl methyl sites for hydroxylation is 1. The normalized spacial score (nSPS) is 25.9. The number of esters is 1. The predicted octanol–water partition coefficient (Wildman–Crippen LogP) is 3.63. The lowest BCUT2D eigenvalue weighted by atomic mass is 9.62. The van der Waals surface area contributed by atoms with Crippen molar-refractivity contribution in [1.29, 1.82) is 0 Å². The fourth-order valence-corrected chi connectivity index (χ4v) is 5.11. The van der Waals surface area contributed by atoms with Gasteiger partial charge in [0.15, 0.2) is 5.13 Å². The molecule has 1 aliphatic carbocycles. The van der Waals surface area contributed by atoms with Crippen LogP contribution >= 0.6 is 11.3 Å². The smallest absolute Gasteiger partial charge is 0.313 e. The summed E-state index contributed by atoms with van der Waals surface area (Å²) in [5, 5.41) is 13.2. The average molecular weight is 370 g/mol. The van der Waals surface area contributed by atoms with Crippen LogP contribution < -0.4 is 4.90 Å². The van der Waals surface area contributed by atoms with Crippen molar-refractivity contribution in [1.82, 2.24) is 4.98 Å². The van der Waals surface area contributed by atoms with E-state index >= 15 is 0 Å². The molecule has 2 aromatic rings. The Hall–Kier alpha value is -2.34. The minimum Gasteiger partial charge on any atom is -0.507 e. The molecule has 1 N–H and O–H groups in total. The maximum Gasteiger partial charge on any atom is 0.313 e. The van der Waals surface area contributed by atoms with Gasteiger partial charge in [-0.2, -0.15) is 0 Å². The van der Waals surface area contributed by atoms with Crippen molar-refractivity contribution in [3.8, 4) is 17.0 Å². The minimum absolute atomic E-state index is 0.111. The first kappa shape index (κ1) is 17.1. The molecule has 5 nitrogen and oxygen atoms in total.